The van der Waals surface area contributed by atoms with Crippen LogP contribution in [0.2, 0.25) is 0 Å². The monoisotopic (exact) mass is 510 g/mol. The van der Waals surface area contributed by atoms with E-state index >= 15 is 8.78 Å². The van der Waals surface area contributed by atoms with Crippen LogP contribution in [0.5, 0.6) is 11.5 Å². The van der Waals surface area contributed by atoms with Gasteiger partial charge in [-0.2, -0.15) is 0 Å². The van der Waals surface area contributed by atoms with Gasteiger partial charge in [0.1, 0.15) is 5.75 Å². The molecule has 0 aliphatic heterocycles. The summed E-state index contributed by atoms with van der Waals surface area (Å²) in [6.45, 7) is 6.10. The summed E-state index contributed by atoms with van der Waals surface area (Å²) in [7, 11) is 0. The van der Waals surface area contributed by atoms with Gasteiger partial charge >= 0.3 is 0 Å². The lowest BCUT2D eigenvalue weighted by Crippen LogP contribution is -2.20. The second-order valence-corrected chi connectivity index (χ2v) is 9.67. The third-order valence-electron chi connectivity index (χ3n) is 7.07. The maximum atomic E-state index is 15.1. The predicted molar refractivity (Wildman–Crippen MR) is 139 cm³/mol. The van der Waals surface area contributed by atoms with Gasteiger partial charge in [-0.15, -0.1) is 6.58 Å². The fraction of sp³-hybridized carbons (Fsp3) is 0.355. The highest BCUT2D eigenvalue weighted by Gasteiger charge is 2.27. The van der Waals surface area contributed by atoms with Gasteiger partial charge < -0.3 is 14.6 Å². The number of halogens is 3. The van der Waals surface area contributed by atoms with Crippen LogP contribution >= 0.6 is 0 Å². The molecule has 0 aromatic heterocycles. The maximum absolute atomic E-state index is 15.1. The standard InChI is InChI=1S/C31H33F3O3/c1-3-4-17-36-25-13-16-29(28(32)18-25)37-19-21-5-7-23(8-6-21)26-14-15-27(31(34)30(26)33)24-11-9-22(10-12-24)20(2)35/h3,9-16,18,20-21,23,35H,1,4-8,17,19H2,2H3. The van der Waals surface area contributed by atoms with E-state index in [9.17, 15) is 9.50 Å². The first-order chi connectivity index (χ1) is 17.9. The molecule has 1 unspecified atom stereocenters. The van der Waals surface area contributed by atoms with E-state index in [0.29, 0.717) is 49.4 Å². The zero-order chi connectivity index (χ0) is 26.4. The molecule has 0 bridgehead atoms. The van der Waals surface area contributed by atoms with E-state index in [4.69, 9.17) is 9.47 Å². The normalized spacial score (nSPS) is 18.3. The predicted octanol–water partition coefficient (Wildman–Crippen LogP) is 8.13. The topological polar surface area (TPSA) is 38.7 Å². The highest BCUT2D eigenvalue weighted by atomic mass is 19.2. The first-order valence-electron chi connectivity index (χ1n) is 12.8. The minimum Gasteiger partial charge on any atom is -0.493 e. The molecule has 6 heteroatoms. The first-order valence-corrected chi connectivity index (χ1v) is 12.8. The van der Waals surface area contributed by atoms with E-state index < -0.39 is 23.6 Å². The van der Waals surface area contributed by atoms with Gasteiger partial charge in [0.15, 0.2) is 23.2 Å². The quantitative estimate of drug-likeness (QED) is 0.221. The molecule has 0 amide bonds. The van der Waals surface area contributed by atoms with Crippen LogP contribution in [0.3, 0.4) is 0 Å². The van der Waals surface area contributed by atoms with Gasteiger partial charge in [-0.05, 0) is 79.7 Å². The van der Waals surface area contributed by atoms with Gasteiger partial charge in [-0.1, -0.05) is 42.5 Å². The van der Waals surface area contributed by atoms with Crippen LogP contribution in [0.15, 0.2) is 67.3 Å². The van der Waals surface area contributed by atoms with Gasteiger partial charge in [0.2, 0.25) is 0 Å². The Balaban J connectivity index is 1.33. The van der Waals surface area contributed by atoms with Crippen molar-refractivity contribution in [2.24, 2.45) is 5.92 Å². The van der Waals surface area contributed by atoms with Crippen molar-refractivity contribution in [1.29, 1.82) is 0 Å². The lowest BCUT2D eigenvalue weighted by molar-refractivity contribution is 0.193. The van der Waals surface area contributed by atoms with Crippen molar-refractivity contribution in [3.63, 3.8) is 0 Å². The van der Waals surface area contributed by atoms with Crippen molar-refractivity contribution >= 4 is 0 Å². The molecule has 1 saturated carbocycles. The summed E-state index contributed by atoms with van der Waals surface area (Å²) in [6.07, 6.45) is 4.81. The SMILES string of the molecule is C=CCCOc1ccc(OCC2CCC(c3ccc(-c4ccc(C(C)O)cc4)c(F)c3F)CC2)c(F)c1. The van der Waals surface area contributed by atoms with Crippen LogP contribution < -0.4 is 9.47 Å². The molecule has 0 radical (unpaired) electrons. The van der Waals surface area contributed by atoms with E-state index in [1.807, 2.05) is 0 Å². The molecule has 1 atom stereocenters. The van der Waals surface area contributed by atoms with Gasteiger partial charge in [0, 0.05) is 11.6 Å². The van der Waals surface area contributed by atoms with Gasteiger partial charge in [-0.3, -0.25) is 0 Å². The molecule has 3 aromatic rings. The molecule has 1 N–H and O–H groups in total. The van der Waals surface area contributed by atoms with Crippen molar-refractivity contribution in [3.8, 4) is 22.6 Å². The van der Waals surface area contributed by atoms with Crippen molar-refractivity contribution in [2.45, 2.75) is 51.0 Å². The van der Waals surface area contributed by atoms with E-state index in [1.165, 1.54) is 6.07 Å². The summed E-state index contributed by atoms with van der Waals surface area (Å²) < 4.78 is 55.7. The number of aliphatic hydroxyl groups is 1. The zero-order valence-corrected chi connectivity index (χ0v) is 21.1. The number of aliphatic hydroxyl groups excluding tert-OH is 1. The Morgan fingerprint density at radius 2 is 1.68 bits per heavy atom. The molecule has 3 nitrogen and oxygen atoms in total. The summed E-state index contributed by atoms with van der Waals surface area (Å²) >= 11 is 0. The van der Waals surface area contributed by atoms with Gasteiger partial charge in [0.25, 0.3) is 0 Å². The van der Waals surface area contributed by atoms with Crippen LogP contribution in [0, 0.1) is 23.4 Å². The molecule has 3 aromatic carbocycles. The van der Waals surface area contributed by atoms with Gasteiger partial charge in [0.05, 0.1) is 19.3 Å². The summed E-state index contributed by atoms with van der Waals surface area (Å²) in [6, 6.07) is 14.7. The van der Waals surface area contributed by atoms with Crippen molar-refractivity contribution in [2.75, 3.05) is 13.2 Å². The second-order valence-electron chi connectivity index (χ2n) is 9.67. The van der Waals surface area contributed by atoms with E-state index in [0.717, 1.165) is 18.4 Å². The van der Waals surface area contributed by atoms with Crippen molar-refractivity contribution in [3.05, 3.63) is 95.8 Å². The van der Waals surface area contributed by atoms with Gasteiger partial charge in [-0.25, -0.2) is 13.2 Å². The highest BCUT2D eigenvalue weighted by Crippen LogP contribution is 2.39. The van der Waals surface area contributed by atoms with Crippen LogP contribution in [0.4, 0.5) is 13.2 Å². The third kappa shape index (κ3) is 6.55. The molecule has 0 heterocycles. The molecule has 1 aliphatic rings. The Labute approximate surface area is 216 Å². The molecule has 37 heavy (non-hydrogen) atoms. The largest absolute Gasteiger partial charge is 0.493 e. The number of benzene rings is 3. The third-order valence-corrected chi connectivity index (χ3v) is 7.07. The Bertz CT molecular complexity index is 1200. The number of rotatable bonds is 10. The minimum atomic E-state index is -0.847. The summed E-state index contributed by atoms with van der Waals surface area (Å²) in [5.41, 5.74) is 1.89. The fourth-order valence-electron chi connectivity index (χ4n) is 4.84. The van der Waals surface area contributed by atoms with Crippen molar-refractivity contribution in [1.82, 2.24) is 0 Å². The Hall–Kier alpha value is -3.25. The molecule has 1 aliphatic carbocycles. The smallest absolute Gasteiger partial charge is 0.168 e. The molecule has 1 fully saturated rings. The summed E-state index contributed by atoms with van der Waals surface area (Å²) in [5.74, 6) is -1.33. The molecule has 196 valence electrons. The number of hydrogen-bond donors (Lipinski definition) is 1. The number of hydrogen-bond acceptors (Lipinski definition) is 3. The molecule has 0 saturated heterocycles. The molecular formula is C31H33F3O3. The fourth-order valence-corrected chi connectivity index (χ4v) is 4.84. The first kappa shape index (κ1) is 26.8. The molecule has 4 rings (SSSR count). The van der Waals surface area contributed by atoms with Crippen LogP contribution in [-0.2, 0) is 0 Å². The Morgan fingerprint density at radius 3 is 2.32 bits per heavy atom. The average molecular weight is 511 g/mol. The Kier molecular flexibility index (Phi) is 8.93. The summed E-state index contributed by atoms with van der Waals surface area (Å²) in [4.78, 5) is 0. The lowest BCUT2D eigenvalue weighted by Gasteiger charge is -2.29. The van der Waals surface area contributed by atoms with E-state index in [2.05, 4.69) is 6.58 Å². The molecular weight excluding hydrogens is 477 g/mol. The van der Waals surface area contributed by atoms with Crippen LogP contribution in [0.1, 0.15) is 62.2 Å². The maximum Gasteiger partial charge on any atom is 0.168 e. The highest BCUT2D eigenvalue weighted by molar-refractivity contribution is 5.65. The van der Waals surface area contributed by atoms with Crippen LogP contribution in [-0.4, -0.2) is 18.3 Å². The van der Waals surface area contributed by atoms with Crippen LogP contribution in [0.25, 0.3) is 11.1 Å². The van der Waals surface area contributed by atoms with E-state index in [-0.39, 0.29) is 23.1 Å². The minimum absolute atomic E-state index is 0.0684. The average Bonchev–Trinajstić information content (AvgIpc) is 2.90. The number of ether oxygens (including phenoxy) is 2. The second kappa shape index (κ2) is 12.3. The van der Waals surface area contributed by atoms with Crippen molar-refractivity contribution < 1.29 is 27.8 Å². The zero-order valence-electron chi connectivity index (χ0n) is 21.1. The Morgan fingerprint density at radius 1 is 0.946 bits per heavy atom. The van der Waals surface area contributed by atoms with E-state index in [1.54, 1.807) is 61.5 Å². The lowest BCUT2D eigenvalue weighted by atomic mass is 9.78. The molecule has 0 spiro atoms. The summed E-state index contributed by atoms with van der Waals surface area (Å²) in [5, 5.41) is 9.66.